The summed E-state index contributed by atoms with van der Waals surface area (Å²) in [6.45, 7) is 11.3. The molecule has 1 amide bonds. The van der Waals surface area contributed by atoms with Crippen LogP contribution in [0, 0.1) is 25.7 Å². The largest absolute Gasteiger partial charge is 0.342 e. The molecule has 2 aliphatic rings. The van der Waals surface area contributed by atoms with Gasteiger partial charge in [0.2, 0.25) is 5.91 Å². The smallest absolute Gasteiger partial charge is 0.225 e. The van der Waals surface area contributed by atoms with Crippen molar-refractivity contribution in [3.8, 4) is 0 Å². The average molecular weight is 354 g/mol. The number of aryl methyl sites for hydroxylation is 2. The summed E-state index contributed by atoms with van der Waals surface area (Å²) in [7, 11) is 0. The first-order valence-electron chi connectivity index (χ1n) is 10.1. The molecule has 0 aromatic carbocycles. The van der Waals surface area contributed by atoms with Crippen LogP contribution >= 0.6 is 0 Å². The van der Waals surface area contributed by atoms with Crippen LogP contribution in [0.4, 0.5) is 0 Å². The van der Waals surface area contributed by atoms with Gasteiger partial charge in [0.05, 0.1) is 5.69 Å². The predicted octanol–water partition coefficient (Wildman–Crippen LogP) is 3.82. The molecule has 2 fully saturated rings. The lowest BCUT2D eigenvalue weighted by molar-refractivity contribution is -0.133. The van der Waals surface area contributed by atoms with Gasteiger partial charge in [-0.2, -0.15) is 5.10 Å². The second-order valence-electron chi connectivity index (χ2n) is 8.61. The minimum Gasteiger partial charge on any atom is -0.342 e. The summed E-state index contributed by atoms with van der Waals surface area (Å²) in [6.07, 6.45) is 4.21. The van der Waals surface area contributed by atoms with Crippen LogP contribution in [0.15, 0.2) is 6.07 Å². The lowest BCUT2D eigenvalue weighted by Crippen LogP contribution is -2.38. The zero-order valence-corrected chi connectivity index (χ0v) is 16.5. The van der Waals surface area contributed by atoms with E-state index in [-0.39, 0.29) is 0 Å². The second-order valence-corrected chi connectivity index (χ2v) is 8.61. The highest BCUT2D eigenvalue weighted by Gasteiger charge is 2.36. The first-order valence-corrected chi connectivity index (χ1v) is 10.1. The number of hydrogen-bond donors (Lipinski definition) is 0. The molecule has 26 heavy (non-hydrogen) atoms. The molecule has 5 heteroatoms. The second kappa shape index (κ2) is 6.67. The lowest BCUT2D eigenvalue weighted by Gasteiger charge is -2.31. The minimum atomic E-state index is 0.326. The molecule has 140 valence electrons. The highest BCUT2D eigenvalue weighted by atomic mass is 16.2. The van der Waals surface area contributed by atoms with Crippen LogP contribution in [0.25, 0.3) is 11.0 Å². The molecular weight excluding hydrogens is 324 g/mol. The van der Waals surface area contributed by atoms with E-state index in [1.807, 2.05) is 0 Å². The van der Waals surface area contributed by atoms with Crippen molar-refractivity contribution in [3.05, 3.63) is 23.0 Å². The van der Waals surface area contributed by atoms with Gasteiger partial charge in [-0.3, -0.25) is 4.79 Å². The number of fused-ring (bicyclic) bond motifs is 1. The number of piperidine rings is 1. The van der Waals surface area contributed by atoms with E-state index in [0.717, 1.165) is 56.7 Å². The van der Waals surface area contributed by atoms with Gasteiger partial charge >= 0.3 is 0 Å². The van der Waals surface area contributed by atoms with Gasteiger partial charge in [-0.05, 0) is 57.1 Å². The number of pyridine rings is 1. The van der Waals surface area contributed by atoms with Gasteiger partial charge in [0, 0.05) is 42.6 Å². The number of carbonyl (C=O) groups is 1. The van der Waals surface area contributed by atoms with Crippen molar-refractivity contribution in [1.29, 1.82) is 0 Å². The van der Waals surface area contributed by atoms with Crippen LogP contribution in [0.3, 0.4) is 0 Å². The Morgan fingerprint density at radius 1 is 1.19 bits per heavy atom. The fraction of sp³-hybridized carbons (Fsp3) is 0.667. The summed E-state index contributed by atoms with van der Waals surface area (Å²) in [4.78, 5) is 19.2. The van der Waals surface area contributed by atoms with Crippen LogP contribution in [-0.2, 0) is 11.3 Å². The summed E-state index contributed by atoms with van der Waals surface area (Å²) in [6, 6.07) is 2.17. The number of rotatable bonds is 4. The highest BCUT2D eigenvalue weighted by Crippen LogP contribution is 2.36. The minimum absolute atomic E-state index is 0.326. The predicted molar refractivity (Wildman–Crippen MR) is 103 cm³/mol. The van der Waals surface area contributed by atoms with Gasteiger partial charge in [0.25, 0.3) is 0 Å². The number of nitrogens with zero attached hydrogens (tertiary/aromatic N) is 4. The summed E-state index contributed by atoms with van der Waals surface area (Å²) in [5.41, 5.74) is 4.55. The monoisotopic (exact) mass is 354 g/mol. The van der Waals surface area contributed by atoms with Gasteiger partial charge in [0.1, 0.15) is 0 Å². The van der Waals surface area contributed by atoms with Gasteiger partial charge < -0.3 is 4.90 Å². The van der Waals surface area contributed by atoms with Crippen LogP contribution in [0.2, 0.25) is 0 Å². The SMILES string of the molecule is Cc1cc(C)c2c(C3CCN(C(=O)C4CC4)CC3)nn(CC(C)C)c2n1. The van der Waals surface area contributed by atoms with Gasteiger partial charge in [-0.25, -0.2) is 9.67 Å². The van der Waals surface area contributed by atoms with Gasteiger partial charge in [-0.1, -0.05) is 13.8 Å². The Kier molecular flexibility index (Phi) is 4.49. The van der Waals surface area contributed by atoms with E-state index in [9.17, 15) is 4.79 Å². The molecule has 1 aliphatic heterocycles. The number of likely N-dealkylation sites (tertiary alicyclic amines) is 1. The van der Waals surface area contributed by atoms with Crippen molar-refractivity contribution in [2.45, 2.75) is 65.8 Å². The lowest BCUT2D eigenvalue weighted by atomic mass is 9.91. The summed E-state index contributed by atoms with van der Waals surface area (Å²) < 4.78 is 2.11. The van der Waals surface area contributed by atoms with Gasteiger partial charge in [-0.15, -0.1) is 0 Å². The maximum Gasteiger partial charge on any atom is 0.225 e. The van der Waals surface area contributed by atoms with Crippen molar-refractivity contribution in [1.82, 2.24) is 19.7 Å². The molecule has 2 aromatic rings. The number of hydrogen-bond acceptors (Lipinski definition) is 3. The fourth-order valence-electron chi connectivity index (χ4n) is 4.27. The van der Waals surface area contributed by atoms with Crippen molar-refractivity contribution in [3.63, 3.8) is 0 Å². The molecule has 0 spiro atoms. The highest BCUT2D eigenvalue weighted by molar-refractivity contribution is 5.83. The van der Waals surface area contributed by atoms with Crippen LogP contribution in [0.5, 0.6) is 0 Å². The van der Waals surface area contributed by atoms with Crippen LogP contribution < -0.4 is 0 Å². The van der Waals surface area contributed by atoms with Crippen molar-refractivity contribution in [2.75, 3.05) is 13.1 Å². The van der Waals surface area contributed by atoms with Crippen molar-refractivity contribution >= 4 is 16.9 Å². The maximum absolute atomic E-state index is 12.3. The average Bonchev–Trinajstić information content (AvgIpc) is 3.38. The standard InChI is InChI=1S/C21H30N4O/c1-13(2)12-25-20-18(14(3)11-15(4)22-20)19(23-25)16-7-9-24(10-8-16)21(26)17-5-6-17/h11,13,16-17H,5-10,12H2,1-4H3. The molecule has 0 unspecified atom stereocenters. The Bertz CT molecular complexity index is 826. The zero-order valence-electron chi connectivity index (χ0n) is 16.5. The third-order valence-corrected chi connectivity index (χ3v) is 5.71. The molecule has 4 rings (SSSR count). The molecule has 0 atom stereocenters. The Hall–Kier alpha value is -1.91. The summed E-state index contributed by atoms with van der Waals surface area (Å²) in [5.74, 6) is 1.67. The molecule has 0 bridgehead atoms. The molecule has 0 radical (unpaired) electrons. The first-order chi connectivity index (χ1) is 12.4. The Labute approximate surface area is 155 Å². The van der Waals surface area contributed by atoms with Gasteiger partial charge in [0.15, 0.2) is 5.65 Å². The quantitative estimate of drug-likeness (QED) is 0.839. The Balaban J connectivity index is 1.63. The van der Waals surface area contributed by atoms with E-state index in [1.54, 1.807) is 0 Å². The van der Waals surface area contributed by atoms with Crippen LogP contribution in [0.1, 0.15) is 62.4 Å². The normalized spacial score (nSPS) is 18.9. The van der Waals surface area contributed by atoms with Crippen molar-refractivity contribution < 1.29 is 4.79 Å². The molecule has 2 aromatic heterocycles. The fourth-order valence-corrected chi connectivity index (χ4v) is 4.27. The van der Waals surface area contributed by atoms with E-state index in [0.29, 0.717) is 23.7 Å². The van der Waals surface area contributed by atoms with E-state index < -0.39 is 0 Å². The summed E-state index contributed by atoms with van der Waals surface area (Å²) >= 11 is 0. The molecule has 0 N–H and O–H groups in total. The number of amides is 1. The van der Waals surface area contributed by atoms with E-state index in [2.05, 4.69) is 43.3 Å². The Morgan fingerprint density at radius 2 is 1.88 bits per heavy atom. The topological polar surface area (TPSA) is 51.0 Å². The third kappa shape index (κ3) is 3.24. The molecule has 1 saturated carbocycles. The van der Waals surface area contributed by atoms with E-state index in [4.69, 9.17) is 10.1 Å². The molecule has 5 nitrogen and oxygen atoms in total. The zero-order chi connectivity index (χ0) is 18.4. The first kappa shape index (κ1) is 17.5. The van der Waals surface area contributed by atoms with Crippen LogP contribution in [-0.4, -0.2) is 38.7 Å². The Morgan fingerprint density at radius 3 is 2.50 bits per heavy atom. The number of carbonyl (C=O) groups excluding carboxylic acids is 1. The summed E-state index contributed by atoms with van der Waals surface area (Å²) in [5, 5.41) is 6.26. The molecule has 1 aliphatic carbocycles. The van der Waals surface area contributed by atoms with Crippen molar-refractivity contribution in [2.24, 2.45) is 11.8 Å². The number of aromatic nitrogens is 3. The van der Waals surface area contributed by atoms with E-state index >= 15 is 0 Å². The molecular formula is C21H30N4O. The maximum atomic E-state index is 12.3. The molecule has 1 saturated heterocycles. The van der Waals surface area contributed by atoms with E-state index in [1.165, 1.54) is 16.6 Å². The molecule has 3 heterocycles. The third-order valence-electron chi connectivity index (χ3n) is 5.71.